The van der Waals surface area contributed by atoms with Gasteiger partial charge in [-0.3, -0.25) is 0 Å². The summed E-state index contributed by atoms with van der Waals surface area (Å²) >= 11 is 0. The summed E-state index contributed by atoms with van der Waals surface area (Å²) in [7, 11) is 0. The van der Waals surface area contributed by atoms with Crippen LogP contribution in [0.1, 0.15) is 22.1 Å². The Balaban J connectivity index is 2.17. The Kier molecular flexibility index (Phi) is 2.71. The molecule has 0 radical (unpaired) electrons. The van der Waals surface area contributed by atoms with E-state index in [0.29, 0.717) is 5.52 Å². The van der Waals surface area contributed by atoms with Gasteiger partial charge in [0, 0.05) is 17.1 Å². The molecule has 3 rings (SSSR count). The number of rotatable bonds is 2. The number of hydrogen-bond acceptors (Lipinski definition) is 5. The minimum absolute atomic E-state index is 0.206. The Labute approximate surface area is 114 Å². The third-order valence-corrected chi connectivity index (χ3v) is 3.09. The summed E-state index contributed by atoms with van der Waals surface area (Å²) in [5.74, 6) is -0.603. The van der Waals surface area contributed by atoms with Gasteiger partial charge in [-0.25, -0.2) is 14.8 Å². The van der Waals surface area contributed by atoms with E-state index in [1.54, 1.807) is 6.07 Å². The number of aromatic nitrogens is 3. The lowest BCUT2D eigenvalue weighted by Crippen LogP contribution is -2.03. The predicted octanol–water partition coefficient (Wildman–Crippen LogP) is 2.60. The maximum Gasteiger partial charge on any atom is 0.373 e. The highest BCUT2D eigenvalue weighted by Gasteiger charge is 2.13. The first kappa shape index (κ1) is 12.3. The van der Waals surface area contributed by atoms with Crippen LogP contribution in [0.25, 0.3) is 22.0 Å². The smallest absolute Gasteiger partial charge is 0.373 e. The molecular weight excluding hydrogens is 258 g/mol. The van der Waals surface area contributed by atoms with Gasteiger partial charge in [-0.15, -0.1) is 0 Å². The molecule has 0 fully saturated rings. The fourth-order valence-electron chi connectivity index (χ4n) is 2.19. The van der Waals surface area contributed by atoms with Crippen LogP contribution in [0.5, 0.6) is 0 Å². The van der Waals surface area contributed by atoms with Gasteiger partial charge >= 0.3 is 5.97 Å². The zero-order valence-electron chi connectivity index (χ0n) is 10.9. The van der Waals surface area contributed by atoms with Crippen molar-refractivity contribution in [1.82, 2.24) is 15.1 Å². The second-order valence-electron chi connectivity index (χ2n) is 4.47. The number of hydrogen-bond donors (Lipinski definition) is 1. The molecule has 0 aliphatic carbocycles. The number of carboxylic acid groups (broad SMARTS) is 1. The SMILES string of the molecule is Cc1noc(C)c1-c1ccc2nc(C(=O)O)ncc2c1. The summed E-state index contributed by atoms with van der Waals surface area (Å²) in [5, 5.41) is 13.6. The van der Waals surface area contributed by atoms with E-state index in [4.69, 9.17) is 9.63 Å². The molecule has 3 aromatic rings. The number of carboxylic acids is 1. The number of fused-ring (bicyclic) bond motifs is 1. The maximum absolute atomic E-state index is 10.8. The number of aryl methyl sites for hydroxylation is 2. The summed E-state index contributed by atoms with van der Waals surface area (Å²) in [6, 6.07) is 5.53. The van der Waals surface area contributed by atoms with Gasteiger partial charge in [0.15, 0.2) is 0 Å². The zero-order chi connectivity index (χ0) is 14.3. The fraction of sp³-hybridized carbons (Fsp3) is 0.143. The standard InChI is InChI=1S/C14H11N3O3/c1-7-12(8(2)20-17-7)9-3-4-11-10(5-9)6-15-13(16-11)14(18)19/h3-6H,1-2H3,(H,18,19). The second kappa shape index (κ2) is 4.41. The van der Waals surface area contributed by atoms with E-state index in [-0.39, 0.29) is 5.82 Å². The first-order valence-electron chi connectivity index (χ1n) is 5.99. The third-order valence-electron chi connectivity index (χ3n) is 3.09. The molecule has 100 valence electrons. The van der Waals surface area contributed by atoms with Crippen molar-refractivity contribution < 1.29 is 14.4 Å². The Hall–Kier alpha value is -2.76. The fourth-order valence-corrected chi connectivity index (χ4v) is 2.19. The average molecular weight is 269 g/mol. The van der Waals surface area contributed by atoms with Crippen molar-refractivity contribution in [3.8, 4) is 11.1 Å². The van der Waals surface area contributed by atoms with Crippen LogP contribution in [-0.4, -0.2) is 26.2 Å². The van der Waals surface area contributed by atoms with Crippen LogP contribution in [0.4, 0.5) is 0 Å². The number of aromatic carboxylic acids is 1. The van der Waals surface area contributed by atoms with Crippen molar-refractivity contribution in [3.05, 3.63) is 41.7 Å². The van der Waals surface area contributed by atoms with Crippen molar-refractivity contribution in [3.63, 3.8) is 0 Å². The van der Waals surface area contributed by atoms with E-state index in [1.165, 1.54) is 6.20 Å². The van der Waals surface area contributed by atoms with Crippen LogP contribution in [0, 0.1) is 13.8 Å². The molecule has 6 nitrogen and oxygen atoms in total. The molecular formula is C14H11N3O3. The van der Waals surface area contributed by atoms with Gasteiger partial charge in [-0.05, 0) is 31.5 Å². The van der Waals surface area contributed by atoms with Gasteiger partial charge in [0.1, 0.15) is 5.76 Å². The van der Waals surface area contributed by atoms with Gasteiger partial charge in [-0.1, -0.05) is 11.2 Å². The monoisotopic (exact) mass is 269 g/mol. The highest BCUT2D eigenvalue weighted by molar-refractivity contribution is 5.89. The minimum Gasteiger partial charge on any atom is -0.475 e. The van der Waals surface area contributed by atoms with Crippen molar-refractivity contribution >= 4 is 16.9 Å². The molecule has 0 spiro atoms. The predicted molar refractivity (Wildman–Crippen MR) is 71.5 cm³/mol. The molecule has 0 unspecified atom stereocenters. The first-order valence-corrected chi connectivity index (χ1v) is 5.99. The van der Waals surface area contributed by atoms with Crippen molar-refractivity contribution in [1.29, 1.82) is 0 Å². The molecule has 2 heterocycles. The third kappa shape index (κ3) is 1.91. The van der Waals surface area contributed by atoms with Gasteiger partial charge in [0.25, 0.3) is 0 Å². The van der Waals surface area contributed by atoms with Crippen LogP contribution in [0.15, 0.2) is 28.9 Å². The van der Waals surface area contributed by atoms with E-state index < -0.39 is 5.97 Å². The van der Waals surface area contributed by atoms with Crippen LogP contribution >= 0.6 is 0 Å². The topological polar surface area (TPSA) is 89.1 Å². The number of carbonyl (C=O) groups is 1. The summed E-state index contributed by atoms with van der Waals surface area (Å²) in [6.07, 6.45) is 1.51. The normalized spacial score (nSPS) is 10.9. The molecule has 0 aliphatic heterocycles. The van der Waals surface area contributed by atoms with E-state index in [9.17, 15) is 4.79 Å². The lowest BCUT2D eigenvalue weighted by atomic mass is 10.0. The molecule has 20 heavy (non-hydrogen) atoms. The van der Waals surface area contributed by atoms with Gasteiger partial charge in [0.2, 0.25) is 5.82 Å². The summed E-state index contributed by atoms with van der Waals surface area (Å²) in [4.78, 5) is 18.7. The Morgan fingerprint density at radius 2 is 2.10 bits per heavy atom. The summed E-state index contributed by atoms with van der Waals surface area (Å²) in [6.45, 7) is 3.73. The van der Waals surface area contributed by atoms with Crippen LogP contribution < -0.4 is 0 Å². The molecule has 1 N–H and O–H groups in total. The molecule has 2 aromatic heterocycles. The van der Waals surface area contributed by atoms with Crippen molar-refractivity contribution in [2.45, 2.75) is 13.8 Å². The van der Waals surface area contributed by atoms with E-state index in [1.807, 2.05) is 26.0 Å². The van der Waals surface area contributed by atoms with Crippen LogP contribution in [0.3, 0.4) is 0 Å². The summed E-state index contributed by atoms with van der Waals surface area (Å²) in [5.41, 5.74) is 3.28. The lowest BCUT2D eigenvalue weighted by molar-refractivity contribution is 0.0684. The van der Waals surface area contributed by atoms with E-state index >= 15 is 0 Å². The maximum atomic E-state index is 10.8. The van der Waals surface area contributed by atoms with E-state index in [0.717, 1.165) is 28.0 Å². The van der Waals surface area contributed by atoms with E-state index in [2.05, 4.69) is 15.1 Å². The number of benzene rings is 1. The highest BCUT2D eigenvalue weighted by atomic mass is 16.5. The first-order chi connectivity index (χ1) is 9.56. The Bertz CT molecular complexity index is 804. The van der Waals surface area contributed by atoms with Gasteiger partial charge in [0.05, 0.1) is 11.2 Å². The van der Waals surface area contributed by atoms with Gasteiger partial charge in [-0.2, -0.15) is 0 Å². The quantitative estimate of drug-likeness (QED) is 0.769. The molecule has 1 aromatic carbocycles. The Morgan fingerprint density at radius 1 is 1.30 bits per heavy atom. The van der Waals surface area contributed by atoms with Crippen molar-refractivity contribution in [2.24, 2.45) is 0 Å². The average Bonchev–Trinajstić information content (AvgIpc) is 2.77. The zero-order valence-corrected chi connectivity index (χ0v) is 10.9. The van der Waals surface area contributed by atoms with Crippen LogP contribution in [0.2, 0.25) is 0 Å². The second-order valence-corrected chi connectivity index (χ2v) is 4.47. The Morgan fingerprint density at radius 3 is 2.75 bits per heavy atom. The largest absolute Gasteiger partial charge is 0.475 e. The lowest BCUT2D eigenvalue weighted by Gasteiger charge is -2.03. The minimum atomic E-state index is -1.14. The van der Waals surface area contributed by atoms with Crippen molar-refractivity contribution in [2.75, 3.05) is 0 Å². The summed E-state index contributed by atoms with van der Waals surface area (Å²) < 4.78 is 5.15. The molecule has 6 heteroatoms. The molecule has 0 saturated heterocycles. The molecule has 0 amide bonds. The van der Waals surface area contributed by atoms with Gasteiger partial charge < -0.3 is 9.63 Å². The highest BCUT2D eigenvalue weighted by Crippen LogP contribution is 2.28. The molecule has 0 bridgehead atoms. The molecule has 0 atom stereocenters. The van der Waals surface area contributed by atoms with Crippen LogP contribution in [-0.2, 0) is 0 Å². The molecule has 0 aliphatic rings. The number of nitrogens with zero attached hydrogens (tertiary/aromatic N) is 3. The molecule has 0 saturated carbocycles.